The predicted octanol–water partition coefficient (Wildman–Crippen LogP) is 4.22. The second-order valence-corrected chi connectivity index (χ2v) is 8.59. The third kappa shape index (κ3) is 6.17. The fraction of sp³-hybridized carbons (Fsp3) is 0.333. The highest BCUT2D eigenvalue weighted by Gasteiger charge is 2.33. The van der Waals surface area contributed by atoms with Gasteiger partial charge in [0.15, 0.2) is 5.76 Å². The van der Waals surface area contributed by atoms with Gasteiger partial charge in [0, 0.05) is 32.4 Å². The minimum absolute atomic E-state index is 0.123. The molecule has 2 amide bonds. The second kappa shape index (κ2) is 11.2. The number of carbonyl (C=O) groups is 2. The van der Waals surface area contributed by atoms with Crippen LogP contribution in [0.3, 0.4) is 0 Å². The fourth-order valence-corrected chi connectivity index (χ4v) is 3.90. The highest BCUT2D eigenvalue weighted by Crippen LogP contribution is 2.23. The van der Waals surface area contributed by atoms with Gasteiger partial charge < -0.3 is 20.2 Å². The molecule has 0 aliphatic carbocycles. The molecule has 1 aliphatic heterocycles. The summed E-state index contributed by atoms with van der Waals surface area (Å²) in [5.74, 6) is -1.36. The van der Waals surface area contributed by atoms with Crippen LogP contribution in [0.4, 0.5) is 5.69 Å². The number of para-hydroxylation sites is 1. The Labute approximate surface area is 198 Å². The number of nitrogens with zero attached hydrogens (tertiary/aromatic N) is 2. The van der Waals surface area contributed by atoms with E-state index in [0.29, 0.717) is 29.6 Å². The van der Waals surface area contributed by atoms with Crippen molar-refractivity contribution in [1.82, 2.24) is 10.2 Å². The van der Waals surface area contributed by atoms with E-state index in [9.17, 15) is 14.7 Å². The third-order valence-corrected chi connectivity index (χ3v) is 6.17. The van der Waals surface area contributed by atoms with Gasteiger partial charge in [0.2, 0.25) is 0 Å². The van der Waals surface area contributed by atoms with Crippen LogP contribution in [0.25, 0.3) is 0 Å². The molecule has 0 spiro atoms. The van der Waals surface area contributed by atoms with Crippen LogP contribution in [0.2, 0.25) is 10.0 Å². The highest BCUT2D eigenvalue weighted by atomic mass is 35.5. The Morgan fingerprint density at radius 1 is 1.12 bits per heavy atom. The van der Waals surface area contributed by atoms with E-state index < -0.39 is 17.6 Å². The van der Waals surface area contributed by atoms with E-state index >= 15 is 0 Å². The number of rotatable bonds is 10. The van der Waals surface area contributed by atoms with Crippen LogP contribution in [0.15, 0.2) is 59.9 Å². The molecule has 2 aromatic rings. The number of amides is 2. The van der Waals surface area contributed by atoms with Gasteiger partial charge in [-0.15, -0.1) is 0 Å². The van der Waals surface area contributed by atoms with Crippen LogP contribution in [0, 0.1) is 0 Å². The zero-order valence-electron chi connectivity index (χ0n) is 18.0. The van der Waals surface area contributed by atoms with Gasteiger partial charge in [-0.25, -0.2) is 0 Å². The normalized spacial score (nSPS) is 13.6. The molecule has 0 atom stereocenters. The molecular formula is C24H27Cl2N3O3. The van der Waals surface area contributed by atoms with E-state index in [-0.39, 0.29) is 12.1 Å². The summed E-state index contributed by atoms with van der Waals surface area (Å²) >= 11 is 11.9. The van der Waals surface area contributed by atoms with Crippen LogP contribution in [-0.2, 0) is 16.0 Å². The Hall–Kier alpha value is -2.70. The van der Waals surface area contributed by atoms with Crippen molar-refractivity contribution in [2.24, 2.45) is 0 Å². The minimum Gasteiger partial charge on any atom is -0.503 e. The summed E-state index contributed by atoms with van der Waals surface area (Å²) in [5.41, 5.74) is 2.25. The van der Waals surface area contributed by atoms with Crippen molar-refractivity contribution in [1.29, 1.82) is 0 Å². The van der Waals surface area contributed by atoms with Gasteiger partial charge >= 0.3 is 0 Å². The number of benzene rings is 2. The molecule has 0 aromatic heterocycles. The van der Waals surface area contributed by atoms with Crippen LogP contribution >= 0.6 is 23.2 Å². The van der Waals surface area contributed by atoms with E-state index in [1.54, 1.807) is 6.07 Å². The number of carbonyl (C=O) groups excluding carboxylic acids is 2. The largest absolute Gasteiger partial charge is 0.503 e. The first-order valence-electron chi connectivity index (χ1n) is 10.6. The predicted molar refractivity (Wildman–Crippen MR) is 128 cm³/mol. The molecule has 2 aromatic carbocycles. The van der Waals surface area contributed by atoms with E-state index in [1.165, 1.54) is 4.90 Å². The quantitative estimate of drug-likeness (QED) is 0.504. The van der Waals surface area contributed by atoms with E-state index in [1.807, 2.05) is 49.5 Å². The number of aryl methyl sites for hydroxylation is 1. The van der Waals surface area contributed by atoms with Crippen molar-refractivity contribution in [2.45, 2.75) is 19.3 Å². The van der Waals surface area contributed by atoms with E-state index in [4.69, 9.17) is 23.2 Å². The number of aliphatic hydroxyl groups is 1. The minimum atomic E-state index is -0.492. The Balaban J connectivity index is 1.41. The molecule has 0 fully saturated rings. The van der Waals surface area contributed by atoms with Crippen LogP contribution in [0.5, 0.6) is 0 Å². The maximum absolute atomic E-state index is 12.5. The number of nitrogens with one attached hydrogen (secondary N) is 1. The van der Waals surface area contributed by atoms with Gasteiger partial charge in [-0.05, 0) is 49.1 Å². The first kappa shape index (κ1) is 24.0. The number of hydrogen-bond donors (Lipinski definition) is 2. The monoisotopic (exact) mass is 475 g/mol. The molecule has 6 nitrogen and oxygen atoms in total. The SMILES string of the molecule is CN(CCCN1CC(C(=O)NCCCc2ccc(Cl)c(Cl)c2)=C(O)C1=O)c1ccccc1. The van der Waals surface area contributed by atoms with Gasteiger partial charge in [-0.1, -0.05) is 47.5 Å². The Bertz CT molecular complexity index is 995. The third-order valence-electron chi connectivity index (χ3n) is 5.43. The molecule has 32 heavy (non-hydrogen) atoms. The van der Waals surface area contributed by atoms with Crippen molar-refractivity contribution in [3.05, 3.63) is 75.5 Å². The Morgan fingerprint density at radius 3 is 2.59 bits per heavy atom. The first-order chi connectivity index (χ1) is 15.4. The molecule has 0 saturated carbocycles. The van der Waals surface area contributed by atoms with Gasteiger partial charge in [0.1, 0.15) is 0 Å². The molecular weight excluding hydrogens is 449 g/mol. The van der Waals surface area contributed by atoms with Gasteiger partial charge in [0.25, 0.3) is 11.8 Å². The number of hydrogen-bond acceptors (Lipinski definition) is 4. The Morgan fingerprint density at radius 2 is 1.88 bits per heavy atom. The molecule has 0 unspecified atom stereocenters. The molecule has 1 heterocycles. The smallest absolute Gasteiger partial charge is 0.289 e. The van der Waals surface area contributed by atoms with E-state index in [0.717, 1.165) is 30.6 Å². The van der Waals surface area contributed by atoms with Crippen LogP contribution < -0.4 is 10.2 Å². The number of aliphatic hydroxyl groups excluding tert-OH is 1. The average Bonchev–Trinajstić information content (AvgIpc) is 3.08. The zero-order valence-corrected chi connectivity index (χ0v) is 19.5. The van der Waals surface area contributed by atoms with Gasteiger partial charge in [-0.2, -0.15) is 0 Å². The summed E-state index contributed by atoms with van der Waals surface area (Å²) in [4.78, 5) is 28.4. The maximum Gasteiger partial charge on any atom is 0.289 e. The number of halogens is 2. The average molecular weight is 476 g/mol. The molecule has 0 bridgehead atoms. The second-order valence-electron chi connectivity index (χ2n) is 7.77. The molecule has 1 aliphatic rings. The Kier molecular flexibility index (Phi) is 8.42. The topological polar surface area (TPSA) is 72.9 Å². The molecule has 0 saturated heterocycles. The summed E-state index contributed by atoms with van der Waals surface area (Å²) in [6.07, 6.45) is 2.15. The summed E-state index contributed by atoms with van der Waals surface area (Å²) in [6.45, 7) is 1.77. The molecule has 170 valence electrons. The lowest BCUT2D eigenvalue weighted by Gasteiger charge is -2.21. The van der Waals surface area contributed by atoms with Crippen LogP contribution in [-0.4, -0.2) is 55.0 Å². The lowest BCUT2D eigenvalue weighted by molar-refractivity contribution is -0.127. The maximum atomic E-state index is 12.5. The van der Waals surface area contributed by atoms with Crippen molar-refractivity contribution < 1.29 is 14.7 Å². The number of anilines is 1. The molecule has 8 heteroatoms. The molecule has 3 rings (SSSR count). The van der Waals surface area contributed by atoms with Crippen molar-refractivity contribution in [3.63, 3.8) is 0 Å². The summed E-state index contributed by atoms with van der Waals surface area (Å²) in [6, 6.07) is 15.4. The van der Waals surface area contributed by atoms with Gasteiger partial charge in [-0.3, -0.25) is 9.59 Å². The molecule has 0 radical (unpaired) electrons. The fourth-order valence-electron chi connectivity index (χ4n) is 3.58. The van der Waals surface area contributed by atoms with E-state index in [2.05, 4.69) is 10.2 Å². The first-order valence-corrected chi connectivity index (χ1v) is 11.3. The summed E-state index contributed by atoms with van der Waals surface area (Å²) < 4.78 is 0. The van der Waals surface area contributed by atoms with Crippen molar-refractivity contribution >= 4 is 40.7 Å². The lowest BCUT2D eigenvalue weighted by Crippen LogP contribution is -2.32. The van der Waals surface area contributed by atoms with Crippen LogP contribution in [0.1, 0.15) is 18.4 Å². The standard InChI is InChI=1S/C24H27Cl2N3O3/c1-28(18-8-3-2-4-9-18)13-6-14-29-16-19(22(30)24(29)32)23(31)27-12-5-7-17-10-11-20(25)21(26)15-17/h2-4,8-11,15,30H,5-7,12-14,16H2,1H3,(H,27,31). The molecule has 2 N–H and O–H groups in total. The van der Waals surface area contributed by atoms with Crippen molar-refractivity contribution in [3.8, 4) is 0 Å². The summed E-state index contributed by atoms with van der Waals surface area (Å²) in [7, 11) is 1.99. The zero-order chi connectivity index (χ0) is 23.1. The highest BCUT2D eigenvalue weighted by molar-refractivity contribution is 6.42. The summed E-state index contributed by atoms with van der Waals surface area (Å²) in [5, 5.41) is 14.0. The van der Waals surface area contributed by atoms with Crippen molar-refractivity contribution in [2.75, 3.05) is 38.1 Å². The van der Waals surface area contributed by atoms with Gasteiger partial charge in [0.05, 0.1) is 22.2 Å². The lowest BCUT2D eigenvalue weighted by atomic mass is 10.1.